The Morgan fingerprint density at radius 1 is 1.27 bits per heavy atom. The number of halogens is 4. The van der Waals surface area contributed by atoms with Gasteiger partial charge in [0.2, 0.25) is 5.88 Å². The Morgan fingerprint density at radius 2 is 2.03 bits per heavy atom. The summed E-state index contributed by atoms with van der Waals surface area (Å²) in [4.78, 5) is 17.8. The Balaban J connectivity index is 1.42. The summed E-state index contributed by atoms with van der Waals surface area (Å²) in [7, 11) is 1.49. The summed E-state index contributed by atoms with van der Waals surface area (Å²) >= 11 is 0.732. The molecule has 0 atom stereocenters. The molecule has 30 heavy (non-hydrogen) atoms. The van der Waals surface area contributed by atoms with Crippen molar-refractivity contribution in [1.29, 1.82) is 0 Å². The molecule has 3 aromatic rings. The van der Waals surface area contributed by atoms with Crippen molar-refractivity contribution in [3.05, 3.63) is 58.8 Å². The first-order valence-corrected chi connectivity index (χ1v) is 9.58. The van der Waals surface area contributed by atoms with Crippen molar-refractivity contribution in [3.63, 3.8) is 0 Å². The van der Waals surface area contributed by atoms with E-state index in [1.807, 2.05) is 0 Å². The van der Waals surface area contributed by atoms with Crippen LogP contribution in [0.2, 0.25) is 0 Å². The van der Waals surface area contributed by atoms with Gasteiger partial charge in [-0.1, -0.05) is 6.07 Å². The fraction of sp³-hybridized carbons (Fsp3) is 0.263. The number of aromatic nitrogens is 2. The number of alkyl halides is 3. The fourth-order valence-corrected chi connectivity index (χ4v) is 3.79. The Morgan fingerprint density at radius 3 is 2.67 bits per heavy atom. The second-order valence-corrected chi connectivity index (χ2v) is 7.39. The van der Waals surface area contributed by atoms with Crippen molar-refractivity contribution in [2.45, 2.75) is 12.2 Å². The molecular weight excluding hydrogens is 424 g/mol. The molecule has 1 aromatic carbocycles. The highest BCUT2D eigenvalue weighted by Crippen LogP contribution is 2.40. The summed E-state index contributed by atoms with van der Waals surface area (Å²) in [5.41, 5.74) is -0.125. The first-order chi connectivity index (χ1) is 14.3. The zero-order valence-electron chi connectivity index (χ0n) is 15.6. The van der Waals surface area contributed by atoms with Gasteiger partial charge in [-0.25, -0.2) is 9.37 Å². The second-order valence-electron chi connectivity index (χ2n) is 6.68. The molecule has 1 aliphatic heterocycles. The number of methoxy groups -OCH3 is 1. The average Bonchev–Trinajstić information content (AvgIpc) is 3.04. The number of carbonyl (C=O) groups is 1. The monoisotopic (exact) mass is 439 g/mol. The number of hydrogen-bond donors (Lipinski definition) is 0. The highest BCUT2D eigenvalue weighted by atomic mass is 32.2. The summed E-state index contributed by atoms with van der Waals surface area (Å²) in [6, 6.07) is 6.26. The molecule has 1 saturated heterocycles. The lowest BCUT2D eigenvalue weighted by Crippen LogP contribution is -2.49. The van der Waals surface area contributed by atoms with Gasteiger partial charge in [-0.05, 0) is 24.3 Å². The molecule has 0 unspecified atom stereocenters. The van der Waals surface area contributed by atoms with E-state index in [1.165, 1.54) is 28.8 Å². The molecular formula is C19H15F4N4O2S-. The van der Waals surface area contributed by atoms with Crippen molar-refractivity contribution in [2.75, 3.05) is 20.2 Å². The molecule has 11 heteroatoms. The largest absolute Gasteiger partial charge is 0.622 e. The first-order valence-electron chi connectivity index (χ1n) is 8.80. The maximum Gasteiger partial charge on any atom is 0.418 e. The van der Waals surface area contributed by atoms with E-state index in [9.17, 15) is 22.4 Å². The van der Waals surface area contributed by atoms with Crippen LogP contribution in [0.1, 0.15) is 11.6 Å². The van der Waals surface area contributed by atoms with E-state index >= 15 is 0 Å². The van der Waals surface area contributed by atoms with Crippen LogP contribution >= 0.6 is 11.9 Å². The van der Waals surface area contributed by atoms with Crippen LogP contribution in [0, 0.1) is 5.82 Å². The Labute approximate surface area is 172 Å². The zero-order valence-corrected chi connectivity index (χ0v) is 16.4. The molecule has 4 rings (SSSR count). The minimum atomic E-state index is -4.60. The molecule has 1 fully saturated rings. The topological polar surface area (TPSA) is 61.5 Å². The van der Waals surface area contributed by atoms with E-state index in [4.69, 9.17) is 4.74 Å². The van der Waals surface area contributed by atoms with E-state index in [1.54, 1.807) is 12.1 Å². The number of ether oxygens (including phenoxy) is 1. The van der Waals surface area contributed by atoms with Gasteiger partial charge in [0.1, 0.15) is 5.82 Å². The van der Waals surface area contributed by atoms with E-state index in [0.717, 1.165) is 30.3 Å². The van der Waals surface area contributed by atoms with Gasteiger partial charge in [-0.3, -0.25) is 4.79 Å². The quantitative estimate of drug-likeness (QED) is 0.396. The zero-order chi connectivity index (χ0) is 21.5. The SMILES string of the molecule is COc1ccc([N-]SC(=O)N2CC(n3cc(C(F)(F)F)c4cc(F)ccc43)C2)cn1. The second kappa shape index (κ2) is 7.71. The molecule has 158 valence electrons. The molecule has 0 radical (unpaired) electrons. The Hall–Kier alpha value is -2.95. The van der Waals surface area contributed by atoms with Gasteiger partial charge in [0.25, 0.3) is 5.24 Å². The normalized spacial score (nSPS) is 14.6. The van der Waals surface area contributed by atoms with Crippen molar-refractivity contribution >= 4 is 33.8 Å². The summed E-state index contributed by atoms with van der Waals surface area (Å²) in [5.74, 6) is -0.310. The number of benzene rings is 1. The van der Waals surface area contributed by atoms with Crippen LogP contribution in [-0.2, 0) is 6.18 Å². The number of likely N-dealkylation sites (tertiary alicyclic amines) is 1. The number of rotatable bonds is 4. The minimum absolute atomic E-state index is 0.191. The standard InChI is InChI=1S/C19H15F4N4O2S/c1-29-17-5-3-12(7-24-17)25-30-18(28)26-8-13(9-26)27-10-15(19(21,22)23)14-6-11(20)2-4-16(14)27/h2-7,10,13H,8-9H2,1H3/q-1. The average molecular weight is 439 g/mol. The maximum absolute atomic E-state index is 13.5. The molecule has 1 aliphatic rings. The number of fused-ring (bicyclic) bond motifs is 1. The molecule has 0 saturated carbocycles. The molecule has 0 spiro atoms. The van der Waals surface area contributed by atoms with Crippen LogP contribution in [0.5, 0.6) is 5.88 Å². The van der Waals surface area contributed by atoms with Gasteiger partial charge in [0.05, 0.1) is 18.7 Å². The van der Waals surface area contributed by atoms with Gasteiger partial charge < -0.3 is 18.9 Å². The van der Waals surface area contributed by atoms with E-state index < -0.39 is 17.6 Å². The van der Waals surface area contributed by atoms with E-state index in [2.05, 4.69) is 9.71 Å². The number of pyridine rings is 1. The van der Waals surface area contributed by atoms with Gasteiger partial charge in [-0.2, -0.15) is 25.1 Å². The number of amides is 1. The number of carbonyl (C=O) groups excluding carboxylic acids is 1. The van der Waals surface area contributed by atoms with Crippen molar-refractivity contribution in [3.8, 4) is 5.88 Å². The third-order valence-corrected chi connectivity index (χ3v) is 5.49. The summed E-state index contributed by atoms with van der Waals surface area (Å²) in [5, 5.41) is -0.510. The van der Waals surface area contributed by atoms with Crippen molar-refractivity contribution in [1.82, 2.24) is 14.5 Å². The molecule has 0 bridgehead atoms. The number of hydrogen-bond acceptors (Lipinski definition) is 4. The lowest BCUT2D eigenvalue weighted by Gasteiger charge is -2.41. The van der Waals surface area contributed by atoms with E-state index in [0.29, 0.717) is 11.6 Å². The van der Waals surface area contributed by atoms with Gasteiger partial charge in [-0.15, -0.1) is 5.69 Å². The highest BCUT2D eigenvalue weighted by molar-refractivity contribution is 8.16. The first kappa shape index (κ1) is 20.3. The van der Waals surface area contributed by atoms with Crippen LogP contribution in [0.4, 0.5) is 28.0 Å². The fourth-order valence-electron chi connectivity index (χ4n) is 3.23. The Kier molecular flexibility index (Phi) is 5.22. The molecule has 2 aromatic heterocycles. The third kappa shape index (κ3) is 3.89. The Bertz CT molecular complexity index is 1080. The predicted molar refractivity (Wildman–Crippen MR) is 104 cm³/mol. The third-order valence-electron chi connectivity index (χ3n) is 4.77. The maximum atomic E-state index is 13.5. The van der Waals surface area contributed by atoms with Crippen LogP contribution in [0.15, 0.2) is 42.7 Å². The van der Waals surface area contributed by atoms with E-state index in [-0.39, 0.29) is 35.3 Å². The van der Waals surface area contributed by atoms with Crippen LogP contribution in [0.3, 0.4) is 0 Å². The lowest BCUT2D eigenvalue weighted by molar-refractivity contribution is -0.136. The summed E-state index contributed by atoms with van der Waals surface area (Å²) in [6.07, 6.45) is -2.16. The predicted octanol–water partition coefficient (Wildman–Crippen LogP) is 5.53. The summed E-state index contributed by atoms with van der Waals surface area (Å²) < 4.78 is 64.0. The summed E-state index contributed by atoms with van der Waals surface area (Å²) in [6.45, 7) is 0.474. The van der Waals surface area contributed by atoms with Crippen LogP contribution < -0.4 is 4.74 Å². The molecule has 1 amide bonds. The van der Waals surface area contributed by atoms with Gasteiger partial charge >= 0.3 is 6.18 Å². The molecule has 6 nitrogen and oxygen atoms in total. The van der Waals surface area contributed by atoms with Gasteiger partial charge in [0, 0.05) is 36.4 Å². The number of nitrogens with zero attached hydrogens (tertiary/aromatic N) is 4. The van der Waals surface area contributed by atoms with Crippen molar-refractivity contribution < 1.29 is 27.1 Å². The van der Waals surface area contributed by atoms with Crippen LogP contribution in [-0.4, -0.2) is 39.9 Å². The lowest BCUT2D eigenvalue weighted by atomic mass is 10.1. The van der Waals surface area contributed by atoms with Crippen LogP contribution in [0.25, 0.3) is 15.6 Å². The highest BCUT2D eigenvalue weighted by Gasteiger charge is 2.38. The molecule has 0 N–H and O–H groups in total. The minimum Gasteiger partial charge on any atom is -0.622 e. The molecule has 3 heterocycles. The molecule has 0 aliphatic carbocycles. The smallest absolute Gasteiger partial charge is 0.418 e. The van der Waals surface area contributed by atoms with Crippen molar-refractivity contribution in [2.24, 2.45) is 0 Å². The van der Waals surface area contributed by atoms with Gasteiger partial charge in [0.15, 0.2) is 0 Å².